The molecule has 1 aliphatic rings. The number of hydrogen-bond acceptors (Lipinski definition) is 3. The Morgan fingerprint density at radius 3 is 1.80 bits per heavy atom. The van der Waals surface area contributed by atoms with Crippen molar-refractivity contribution in [2.75, 3.05) is 41.0 Å². The summed E-state index contributed by atoms with van der Waals surface area (Å²) in [6.45, 7) is 11.0. The Hall–Kier alpha value is 0.0569. The van der Waals surface area contributed by atoms with Crippen molar-refractivity contribution in [3.05, 3.63) is 0 Å². The Labute approximate surface area is 126 Å². The lowest BCUT2D eigenvalue weighted by Gasteiger charge is -2.51. The van der Waals surface area contributed by atoms with Crippen LogP contribution in [0.15, 0.2) is 0 Å². The third kappa shape index (κ3) is 4.04. The second-order valence-corrected chi connectivity index (χ2v) is 10.0. The first kappa shape index (κ1) is 18.1. The second-order valence-electron chi connectivity index (χ2n) is 6.95. The maximum absolute atomic E-state index is 5.53. The standard InChI is InChI=1S/C15H34NO3Si/c1-15(2,3)16(11-8-7-9-12-16)13-10-14-20(17-4,18-5)19-6/h7-14H2,1-6H3/q+1. The fraction of sp³-hybridized carbons (Fsp3) is 1.00. The zero-order chi connectivity index (χ0) is 15.3. The molecule has 1 heterocycles. The molecular weight excluding hydrogens is 270 g/mol. The van der Waals surface area contributed by atoms with E-state index in [0.717, 1.165) is 12.5 Å². The van der Waals surface area contributed by atoms with E-state index in [0.29, 0.717) is 5.54 Å². The Morgan fingerprint density at radius 1 is 0.900 bits per heavy atom. The smallest absolute Gasteiger partial charge is 0.377 e. The topological polar surface area (TPSA) is 27.7 Å². The van der Waals surface area contributed by atoms with Crippen LogP contribution in [0.2, 0.25) is 6.04 Å². The summed E-state index contributed by atoms with van der Waals surface area (Å²) >= 11 is 0. The molecule has 5 heteroatoms. The first-order valence-electron chi connectivity index (χ1n) is 7.86. The third-order valence-corrected chi connectivity index (χ3v) is 7.93. The number of piperidine rings is 1. The Morgan fingerprint density at radius 2 is 1.40 bits per heavy atom. The van der Waals surface area contributed by atoms with E-state index in [9.17, 15) is 0 Å². The molecule has 1 fully saturated rings. The van der Waals surface area contributed by atoms with E-state index in [-0.39, 0.29) is 0 Å². The predicted molar refractivity (Wildman–Crippen MR) is 84.7 cm³/mol. The molecular formula is C15H34NO3Si+. The zero-order valence-corrected chi connectivity index (χ0v) is 15.3. The fourth-order valence-electron chi connectivity index (χ4n) is 3.50. The molecule has 0 aromatic rings. The molecule has 1 aliphatic heterocycles. The van der Waals surface area contributed by atoms with Gasteiger partial charge in [-0.05, 0) is 40.0 Å². The monoisotopic (exact) mass is 304 g/mol. The van der Waals surface area contributed by atoms with Crippen molar-refractivity contribution in [3.8, 4) is 0 Å². The first-order chi connectivity index (χ1) is 9.35. The molecule has 1 saturated heterocycles. The molecule has 4 nitrogen and oxygen atoms in total. The van der Waals surface area contributed by atoms with Gasteiger partial charge in [0.1, 0.15) is 0 Å². The zero-order valence-electron chi connectivity index (χ0n) is 14.3. The summed E-state index contributed by atoms with van der Waals surface area (Å²) in [5.74, 6) is 0. The van der Waals surface area contributed by atoms with Crippen molar-refractivity contribution >= 4 is 8.80 Å². The summed E-state index contributed by atoms with van der Waals surface area (Å²) in [5, 5.41) is 0. The molecule has 0 saturated carbocycles. The molecule has 1 rings (SSSR count). The highest BCUT2D eigenvalue weighted by Gasteiger charge is 2.43. The van der Waals surface area contributed by atoms with Crippen LogP contribution in [-0.4, -0.2) is 59.8 Å². The fourth-order valence-corrected chi connectivity index (χ4v) is 5.21. The highest BCUT2D eigenvalue weighted by molar-refractivity contribution is 6.60. The molecule has 120 valence electrons. The van der Waals surface area contributed by atoms with Crippen LogP contribution in [0, 0.1) is 0 Å². The predicted octanol–water partition coefficient (Wildman–Crippen LogP) is 3.05. The van der Waals surface area contributed by atoms with Gasteiger partial charge in [0.2, 0.25) is 0 Å². The normalized spacial score (nSPS) is 20.1. The summed E-state index contributed by atoms with van der Waals surface area (Å²) in [4.78, 5) is 0. The number of hydrogen-bond donors (Lipinski definition) is 0. The quantitative estimate of drug-likeness (QED) is 0.534. The molecule has 0 spiro atoms. The molecule has 0 aromatic carbocycles. The van der Waals surface area contributed by atoms with Crippen molar-refractivity contribution < 1.29 is 17.8 Å². The largest absolute Gasteiger partial charge is 0.500 e. The van der Waals surface area contributed by atoms with Crippen molar-refractivity contribution in [3.63, 3.8) is 0 Å². The maximum Gasteiger partial charge on any atom is 0.500 e. The van der Waals surface area contributed by atoms with Crippen LogP contribution in [0.1, 0.15) is 46.5 Å². The molecule has 0 N–H and O–H groups in total. The van der Waals surface area contributed by atoms with E-state index in [1.807, 2.05) is 0 Å². The minimum atomic E-state index is -2.40. The van der Waals surface area contributed by atoms with Crippen LogP contribution in [0.5, 0.6) is 0 Å². The van der Waals surface area contributed by atoms with Crippen molar-refractivity contribution in [2.45, 2.75) is 58.0 Å². The van der Waals surface area contributed by atoms with E-state index in [1.54, 1.807) is 21.3 Å². The van der Waals surface area contributed by atoms with Gasteiger partial charge in [-0.2, -0.15) is 0 Å². The first-order valence-corrected chi connectivity index (χ1v) is 9.79. The van der Waals surface area contributed by atoms with E-state index < -0.39 is 8.80 Å². The molecule has 0 aliphatic carbocycles. The molecule has 0 aromatic heterocycles. The number of likely N-dealkylation sites (tertiary alicyclic amines) is 1. The summed E-state index contributed by atoms with van der Waals surface area (Å²) in [6.07, 6.45) is 5.22. The van der Waals surface area contributed by atoms with E-state index in [2.05, 4.69) is 20.8 Å². The van der Waals surface area contributed by atoms with Crippen LogP contribution in [-0.2, 0) is 13.3 Å². The van der Waals surface area contributed by atoms with Gasteiger partial charge >= 0.3 is 8.80 Å². The average Bonchev–Trinajstić information content (AvgIpc) is 2.44. The van der Waals surface area contributed by atoms with Gasteiger partial charge in [0.25, 0.3) is 0 Å². The summed E-state index contributed by atoms with van der Waals surface area (Å²) in [6, 6.07) is 0.909. The molecule has 0 atom stereocenters. The summed E-state index contributed by atoms with van der Waals surface area (Å²) in [7, 11) is 2.70. The van der Waals surface area contributed by atoms with E-state index in [4.69, 9.17) is 13.3 Å². The minimum Gasteiger partial charge on any atom is -0.377 e. The van der Waals surface area contributed by atoms with Crippen molar-refractivity contribution in [1.29, 1.82) is 0 Å². The lowest BCUT2D eigenvalue weighted by atomic mass is 9.95. The van der Waals surface area contributed by atoms with Gasteiger partial charge in [0, 0.05) is 33.8 Å². The lowest BCUT2D eigenvalue weighted by Crippen LogP contribution is -2.63. The van der Waals surface area contributed by atoms with E-state index in [1.165, 1.54) is 43.4 Å². The maximum atomic E-state index is 5.53. The highest BCUT2D eigenvalue weighted by Crippen LogP contribution is 2.31. The molecule has 0 amide bonds. The van der Waals surface area contributed by atoms with Crippen LogP contribution in [0.25, 0.3) is 0 Å². The average molecular weight is 305 g/mol. The second kappa shape index (κ2) is 7.36. The molecule has 0 unspecified atom stereocenters. The third-order valence-electron chi connectivity index (χ3n) is 5.10. The van der Waals surface area contributed by atoms with Gasteiger partial charge in [0.15, 0.2) is 0 Å². The van der Waals surface area contributed by atoms with Gasteiger partial charge in [-0.3, -0.25) is 0 Å². The van der Waals surface area contributed by atoms with Crippen molar-refractivity contribution in [1.82, 2.24) is 0 Å². The van der Waals surface area contributed by atoms with E-state index >= 15 is 0 Å². The van der Waals surface area contributed by atoms with Gasteiger partial charge < -0.3 is 17.8 Å². The Kier molecular flexibility index (Phi) is 6.66. The molecule has 0 radical (unpaired) electrons. The van der Waals surface area contributed by atoms with Crippen molar-refractivity contribution in [2.24, 2.45) is 0 Å². The lowest BCUT2D eigenvalue weighted by molar-refractivity contribution is -0.974. The van der Waals surface area contributed by atoms with Crippen LogP contribution in [0.4, 0.5) is 0 Å². The Bertz CT molecular complexity index is 273. The number of quaternary nitrogens is 1. The van der Waals surface area contributed by atoms with Crippen LogP contribution >= 0.6 is 0 Å². The SMILES string of the molecule is CO[Si](CCC[N+]1(C(C)(C)C)CCCCC1)(OC)OC. The van der Waals surface area contributed by atoms with Gasteiger partial charge in [-0.1, -0.05) is 0 Å². The van der Waals surface area contributed by atoms with Gasteiger partial charge in [-0.25, -0.2) is 0 Å². The molecule has 20 heavy (non-hydrogen) atoms. The summed E-state index contributed by atoms with van der Waals surface area (Å²) in [5.41, 5.74) is 0.317. The van der Waals surface area contributed by atoms with Crippen LogP contribution < -0.4 is 0 Å². The summed E-state index contributed by atoms with van der Waals surface area (Å²) < 4.78 is 17.8. The minimum absolute atomic E-state index is 0.317. The van der Waals surface area contributed by atoms with Crippen LogP contribution in [0.3, 0.4) is 0 Å². The Balaban J connectivity index is 2.64. The van der Waals surface area contributed by atoms with Gasteiger partial charge in [-0.15, -0.1) is 0 Å². The number of nitrogens with zero attached hydrogens (tertiary/aromatic N) is 1. The highest BCUT2D eigenvalue weighted by atomic mass is 28.4. The molecule has 0 bridgehead atoms. The van der Waals surface area contributed by atoms with Gasteiger partial charge in [0.05, 0.1) is 25.2 Å². The number of rotatable bonds is 7.